The van der Waals surface area contributed by atoms with Gasteiger partial charge in [0.2, 0.25) is 11.8 Å². The molecule has 0 aromatic carbocycles. The molecule has 0 spiro atoms. The number of hydrogen-bond donors (Lipinski definition) is 1. The summed E-state index contributed by atoms with van der Waals surface area (Å²) >= 11 is 0. The molecule has 1 saturated carbocycles. The minimum Gasteiger partial charge on any atom is -0.354 e. The molecule has 1 aliphatic carbocycles. The fourth-order valence-corrected chi connectivity index (χ4v) is 4.00. The fourth-order valence-electron chi connectivity index (χ4n) is 4.00. The van der Waals surface area contributed by atoms with Crippen molar-refractivity contribution in [1.82, 2.24) is 15.1 Å². The van der Waals surface area contributed by atoms with E-state index in [1.165, 1.54) is 32.1 Å². The smallest absolute Gasteiger partial charge is 0.242 e. The van der Waals surface area contributed by atoms with Gasteiger partial charge >= 0.3 is 0 Å². The molecule has 1 saturated heterocycles. The Morgan fingerprint density at radius 1 is 1.17 bits per heavy atom. The molecule has 138 valence electrons. The Balaban J connectivity index is 1.73. The molecule has 2 rings (SSSR count). The van der Waals surface area contributed by atoms with Gasteiger partial charge in [-0.25, -0.2) is 0 Å². The highest BCUT2D eigenvalue weighted by atomic mass is 16.2. The third kappa shape index (κ3) is 5.47. The van der Waals surface area contributed by atoms with Crippen molar-refractivity contribution in [2.75, 3.05) is 26.7 Å². The summed E-state index contributed by atoms with van der Waals surface area (Å²) in [6.07, 6.45) is 10.4. The van der Waals surface area contributed by atoms with Gasteiger partial charge in [-0.05, 0) is 52.2 Å². The third-order valence-corrected chi connectivity index (χ3v) is 5.44. The molecule has 1 heterocycles. The maximum Gasteiger partial charge on any atom is 0.242 e. The van der Waals surface area contributed by atoms with E-state index in [1.807, 2.05) is 4.90 Å². The SMILES string of the molecule is CCCCN(C)CCCNC(=O)C1CCC(=O)N1C1CCCCC1. The van der Waals surface area contributed by atoms with Gasteiger partial charge in [0.1, 0.15) is 6.04 Å². The molecule has 0 bridgehead atoms. The van der Waals surface area contributed by atoms with E-state index in [-0.39, 0.29) is 17.9 Å². The zero-order valence-electron chi connectivity index (χ0n) is 15.6. The van der Waals surface area contributed by atoms with Gasteiger partial charge in [0.05, 0.1) is 0 Å². The molecule has 5 nitrogen and oxygen atoms in total. The lowest BCUT2D eigenvalue weighted by molar-refractivity contribution is -0.138. The molecular formula is C19H35N3O2. The lowest BCUT2D eigenvalue weighted by Crippen LogP contribution is -2.50. The normalized spacial score (nSPS) is 22.4. The molecule has 0 aromatic rings. The largest absolute Gasteiger partial charge is 0.354 e. The van der Waals surface area contributed by atoms with Crippen molar-refractivity contribution in [2.45, 2.75) is 83.2 Å². The number of nitrogens with one attached hydrogen (secondary N) is 1. The van der Waals surface area contributed by atoms with E-state index in [0.717, 1.165) is 32.4 Å². The van der Waals surface area contributed by atoms with Crippen molar-refractivity contribution in [3.05, 3.63) is 0 Å². The average Bonchev–Trinajstić information content (AvgIpc) is 2.99. The third-order valence-electron chi connectivity index (χ3n) is 5.44. The number of likely N-dealkylation sites (tertiary alicyclic amines) is 1. The highest BCUT2D eigenvalue weighted by molar-refractivity contribution is 5.91. The summed E-state index contributed by atoms with van der Waals surface area (Å²) < 4.78 is 0. The molecule has 1 N–H and O–H groups in total. The predicted octanol–water partition coefficient (Wildman–Crippen LogP) is 2.55. The average molecular weight is 338 g/mol. The second-order valence-corrected chi connectivity index (χ2v) is 7.45. The molecule has 1 atom stereocenters. The topological polar surface area (TPSA) is 52.7 Å². The maximum absolute atomic E-state index is 12.5. The Morgan fingerprint density at radius 3 is 2.58 bits per heavy atom. The van der Waals surface area contributed by atoms with Crippen LogP contribution >= 0.6 is 0 Å². The number of nitrogens with zero attached hydrogens (tertiary/aromatic N) is 2. The highest BCUT2D eigenvalue weighted by Crippen LogP contribution is 2.30. The summed E-state index contributed by atoms with van der Waals surface area (Å²) in [5.74, 6) is 0.240. The van der Waals surface area contributed by atoms with Crippen LogP contribution in [-0.2, 0) is 9.59 Å². The number of carbonyl (C=O) groups excluding carboxylic acids is 2. The Bertz CT molecular complexity index is 407. The lowest BCUT2D eigenvalue weighted by Gasteiger charge is -2.35. The van der Waals surface area contributed by atoms with Crippen LogP contribution in [-0.4, -0.2) is 60.4 Å². The molecule has 2 aliphatic rings. The van der Waals surface area contributed by atoms with Crippen molar-refractivity contribution in [2.24, 2.45) is 0 Å². The van der Waals surface area contributed by atoms with E-state index in [0.29, 0.717) is 25.4 Å². The van der Waals surface area contributed by atoms with Crippen LogP contribution in [0.1, 0.15) is 71.1 Å². The van der Waals surface area contributed by atoms with E-state index in [9.17, 15) is 9.59 Å². The number of rotatable bonds is 9. The van der Waals surface area contributed by atoms with Gasteiger partial charge in [-0.2, -0.15) is 0 Å². The fraction of sp³-hybridized carbons (Fsp3) is 0.895. The molecule has 0 radical (unpaired) electrons. The van der Waals surface area contributed by atoms with Crippen LogP contribution < -0.4 is 5.32 Å². The zero-order valence-corrected chi connectivity index (χ0v) is 15.6. The number of unbranched alkanes of at least 4 members (excludes halogenated alkanes) is 1. The molecule has 0 aromatic heterocycles. The summed E-state index contributed by atoms with van der Waals surface area (Å²) in [6, 6.07) is 0.0723. The van der Waals surface area contributed by atoms with E-state index < -0.39 is 0 Å². The quantitative estimate of drug-likeness (QED) is 0.658. The van der Waals surface area contributed by atoms with Crippen LogP contribution in [0.5, 0.6) is 0 Å². The van der Waals surface area contributed by atoms with Crippen LogP contribution in [0.2, 0.25) is 0 Å². The summed E-state index contributed by atoms with van der Waals surface area (Å²) in [6.45, 7) is 5.04. The Kier molecular flexibility index (Phi) is 8.03. The predicted molar refractivity (Wildman–Crippen MR) is 96.8 cm³/mol. The Hall–Kier alpha value is -1.10. The minimum atomic E-state index is -0.224. The molecule has 24 heavy (non-hydrogen) atoms. The van der Waals surface area contributed by atoms with Gasteiger partial charge in [0.15, 0.2) is 0 Å². The van der Waals surface area contributed by atoms with E-state index in [1.54, 1.807) is 0 Å². The van der Waals surface area contributed by atoms with E-state index in [4.69, 9.17) is 0 Å². The van der Waals surface area contributed by atoms with Crippen LogP contribution in [0, 0.1) is 0 Å². The van der Waals surface area contributed by atoms with Crippen LogP contribution in [0.15, 0.2) is 0 Å². The first-order valence-electron chi connectivity index (χ1n) is 9.91. The second kappa shape index (κ2) is 10.0. The summed E-state index contributed by atoms with van der Waals surface area (Å²) in [4.78, 5) is 29.0. The zero-order chi connectivity index (χ0) is 17.4. The van der Waals surface area contributed by atoms with Crippen LogP contribution in [0.4, 0.5) is 0 Å². The number of amides is 2. The first kappa shape index (κ1) is 19.2. The van der Waals surface area contributed by atoms with Gasteiger partial charge in [0, 0.05) is 19.0 Å². The number of carbonyl (C=O) groups is 2. The van der Waals surface area contributed by atoms with Crippen molar-refractivity contribution in [3.63, 3.8) is 0 Å². The summed E-state index contributed by atoms with van der Waals surface area (Å²) in [5, 5.41) is 3.07. The lowest BCUT2D eigenvalue weighted by atomic mass is 9.93. The number of hydrogen-bond acceptors (Lipinski definition) is 3. The van der Waals surface area contributed by atoms with Crippen molar-refractivity contribution in [3.8, 4) is 0 Å². The molecule has 1 unspecified atom stereocenters. The first-order valence-corrected chi connectivity index (χ1v) is 9.91. The Labute approximate surface area is 147 Å². The van der Waals surface area contributed by atoms with Gasteiger partial charge in [-0.3, -0.25) is 9.59 Å². The summed E-state index contributed by atoms with van der Waals surface area (Å²) in [7, 11) is 2.14. The van der Waals surface area contributed by atoms with Crippen LogP contribution in [0.3, 0.4) is 0 Å². The van der Waals surface area contributed by atoms with E-state index in [2.05, 4.69) is 24.2 Å². The van der Waals surface area contributed by atoms with Crippen LogP contribution in [0.25, 0.3) is 0 Å². The van der Waals surface area contributed by atoms with Crippen molar-refractivity contribution in [1.29, 1.82) is 0 Å². The first-order chi connectivity index (χ1) is 11.6. The van der Waals surface area contributed by atoms with Gasteiger partial charge in [-0.15, -0.1) is 0 Å². The van der Waals surface area contributed by atoms with Crippen molar-refractivity contribution < 1.29 is 9.59 Å². The molecule has 2 fully saturated rings. The maximum atomic E-state index is 12.5. The molecule has 5 heteroatoms. The minimum absolute atomic E-state index is 0.0580. The van der Waals surface area contributed by atoms with Gasteiger partial charge < -0.3 is 15.1 Å². The molecular weight excluding hydrogens is 302 g/mol. The molecule has 2 amide bonds. The van der Waals surface area contributed by atoms with Crippen molar-refractivity contribution >= 4 is 11.8 Å². The highest BCUT2D eigenvalue weighted by Gasteiger charge is 2.40. The van der Waals surface area contributed by atoms with E-state index >= 15 is 0 Å². The summed E-state index contributed by atoms with van der Waals surface area (Å²) in [5.41, 5.74) is 0. The van der Waals surface area contributed by atoms with Gasteiger partial charge in [0.25, 0.3) is 0 Å². The van der Waals surface area contributed by atoms with Gasteiger partial charge in [-0.1, -0.05) is 32.6 Å². The molecule has 1 aliphatic heterocycles. The second-order valence-electron chi connectivity index (χ2n) is 7.45. The monoisotopic (exact) mass is 337 g/mol. The Morgan fingerprint density at radius 2 is 1.88 bits per heavy atom. The standard InChI is InChI=1S/C19H35N3O2/c1-3-4-14-21(2)15-8-13-20-19(24)17-11-12-18(23)22(17)16-9-6-5-7-10-16/h16-17H,3-15H2,1-2H3,(H,20,24).